The van der Waals surface area contributed by atoms with Crippen LogP contribution in [0.2, 0.25) is 5.02 Å². The van der Waals surface area contributed by atoms with E-state index in [4.69, 9.17) is 16.3 Å². The van der Waals surface area contributed by atoms with Crippen LogP contribution < -0.4 is 10.6 Å². The van der Waals surface area contributed by atoms with Crippen LogP contribution in [0, 0.1) is 5.92 Å². The number of amides is 2. The second kappa shape index (κ2) is 7.92. The average Bonchev–Trinajstić information content (AvgIpc) is 3.06. The molecule has 1 unspecified atom stereocenters. The number of aromatic nitrogens is 1. The topological polar surface area (TPSA) is 80.3 Å². The molecule has 3 rings (SSSR count). The molecule has 1 saturated carbocycles. The van der Waals surface area contributed by atoms with Gasteiger partial charge in [-0.1, -0.05) is 11.6 Å². The molecule has 0 spiro atoms. The molecule has 1 aromatic rings. The molecule has 2 heterocycles. The van der Waals surface area contributed by atoms with Crippen LogP contribution in [0.25, 0.3) is 0 Å². The lowest BCUT2D eigenvalue weighted by molar-refractivity contribution is -0.141. The normalized spacial score (nSPS) is 23.2. The summed E-state index contributed by atoms with van der Waals surface area (Å²) in [7, 11) is 0. The standard InChI is InChI=1S/C17H17ClF5N3O3/c18-9-1-2-10(25-13(9)17(21,22)23)12(8-3-5-16(19,20)6-4-8)26-14(27)11-7-24-15(28)29-11/h1-2,8,11-12H,3-7H2,(H,24,28)(H,26,27)/t11?,12-/m1/s1. The molecule has 0 bridgehead atoms. The SMILES string of the molecule is O=C1NCC(C(=O)N[C@@H](c2ccc(Cl)c(C(F)(F)F)n2)C2CCC(F)(F)CC2)O1. The zero-order valence-corrected chi connectivity index (χ0v) is 15.6. The van der Waals surface area contributed by atoms with Gasteiger partial charge in [0, 0.05) is 12.8 Å². The number of pyridine rings is 1. The number of alkyl halides is 5. The molecule has 2 atom stereocenters. The van der Waals surface area contributed by atoms with E-state index in [1.54, 1.807) is 0 Å². The molecule has 12 heteroatoms. The quantitative estimate of drug-likeness (QED) is 0.696. The Labute approximate surface area is 167 Å². The van der Waals surface area contributed by atoms with Crippen molar-refractivity contribution in [1.29, 1.82) is 0 Å². The van der Waals surface area contributed by atoms with Crippen LogP contribution in [0.15, 0.2) is 12.1 Å². The predicted octanol–water partition coefficient (Wildman–Crippen LogP) is 3.85. The fourth-order valence-corrected chi connectivity index (χ4v) is 3.65. The Morgan fingerprint density at radius 1 is 1.31 bits per heavy atom. The molecule has 1 aromatic heterocycles. The number of halogens is 6. The zero-order valence-electron chi connectivity index (χ0n) is 14.9. The van der Waals surface area contributed by atoms with E-state index in [9.17, 15) is 31.5 Å². The van der Waals surface area contributed by atoms with Gasteiger partial charge in [0.1, 0.15) is 0 Å². The lowest BCUT2D eigenvalue weighted by Gasteiger charge is -2.34. The molecule has 2 aliphatic rings. The summed E-state index contributed by atoms with van der Waals surface area (Å²) in [6.07, 6.45) is -7.76. The third kappa shape index (κ3) is 5.06. The summed E-state index contributed by atoms with van der Waals surface area (Å²) in [6, 6.07) is 1.14. The third-order valence-electron chi connectivity index (χ3n) is 4.96. The minimum absolute atomic E-state index is 0.0215. The summed E-state index contributed by atoms with van der Waals surface area (Å²) in [5.41, 5.74) is -1.48. The maximum Gasteiger partial charge on any atom is 0.434 e. The first-order valence-corrected chi connectivity index (χ1v) is 9.20. The first kappa shape index (κ1) is 21.5. The maximum absolute atomic E-state index is 13.5. The number of rotatable bonds is 4. The Balaban J connectivity index is 1.88. The Hall–Kier alpha value is -2.17. The van der Waals surface area contributed by atoms with E-state index in [-0.39, 0.29) is 25.1 Å². The molecule has 0 radical (unpaired) electrons. The first-order valence-electron chi connectivity index (χ1n) is 8.82. The Kier molecular flexibility index (Phi) is 5.88. The predicted molar refractivity (Wildman–Crippen MR) is 90.3 cm³/mol. The van der Waals surface area contributed by atoms with Crippen molar-refractivity contribution in [2.24, 2.45) is 5.92 Å². The van der Waals surface area contributed by atoms with E-state index in [0.717, 1.165) is 6.07 Å². The molecule has 1 saturated heterocycles. The Morgan fingerprint density at radius 3 is 2.52 bits per heavy atom. The van der Waals surface area contributed by atoms with Crippen LogP contribution in [0.3, 0.4) is 0 Å². The highest BCUT2D eigenvalue weighted by molar-refractivity contribution is 6.31. The van der Waals surface area contributed by atoms with Gasteiger partial charge in [-0.05, 0) is 30.9 Å². The molecule has 2 fully saturated rings. The van der Waals surface area contributed by atoms with Crippen molar-refractivity contribution < 1.29 is 36.3 Å². The molecular weight excluding hydrogens is 425 g/mol. The van der Waals surface area contributed by atoms with Crippen molar-refractivity contribution in [3.8, 4) is 0 Å². The van der Waals surface area contributed by atoms with Gasteiger partial charge in [-0.2, -0.15) is 13.2 Å². The van der Waals surface area contributed by atoms with Crippen LogP contribution in [0.4, 0.5) is 26.7 Å². The number of nitrogens with one attached hydrogen (secondary N) is 2. The lowest BCUT2D eigenvalue weighted by Crippen LogP contribution is -2.43. The van der Waals surface area contributed by atoms with Crippen molar-refractivity contribution >= 4 is 23.6 Å². The number of carbonyl (C=O) groups excluding carboxylic acids is 2. The summed E-state index contributed by atoms with van der Waals surface area (Å²) < 4.78 is 71.4. The highest BCUT2D eigenvalue weighted by Crippen LogP contribution is 2.42. The minimum atomic E-state index is -4.83. The Morgan fingerprint density at radius 2 is 1.97 bits per heavy atom. The number of carbonyl (C=O) groups is 2. The van der Waals surface area contributed by atoms with E-state index in [0.29, 0.717) is 0 Å². The Bertz CT molecular complexity index is 795. The summed E-state index contributed by atoms with van der Waals surface area (Å²) in [6.45, 7) is -0.109. The largest absolute Gasteiger partial charge is 0.434 e. The number of hydrogen-bond donors (Lipinski definition) is 2. The molecule has 29 heavy (non-hydrogen) atoms. The van der Waals surface area contributed by atoms with E-state index < -0.39 is 65.7 Å². The number of alkyl carbamates (subject to hydrolysis) is 1. The van der Waals surface area contributed by atoms with Crippen LogP contribution in [0.5, 0.6) is 0 Å². The van der Waals surface area contributed by atoms with Gasteiger partial charge in [-0.15, -0.1) is 0 Å². The monoisotopic (exact) mass is 441 g/mol. The molecule has 6 nitrogen and oxygen atoms in total. The fraction of sp³-hybridized carbons (Fsp3) is 0.588. The van der Waals surface area contributed by atoms with Crippen LogP contribution >= 0.6 is 11.6 Å². The molecule has 1 aliphatic carbocycles. The first-order chi connectivity index (χ1) is 13.5. The van der Waals surface area contributed by atoms with E-state index in [2.05, 4.69) is 15.6 Å². The van der Waals surface area contributed by atoms with Crippen molar-refractivity contribution in [2.75, 3.05) is 6.54 Å². The van der Waals surface area contributed by atoms with E-state index in [1.165, 1.54) is 6.07 Å². The zero-order chi connectivity index (χ0) is 21.4. The van der Waals surface area contributed by atoms with Crippen molar-refractivity contribution in [3.05, 3.63) is 28.5 Å². The van der Waals surface area contributed by atoms with Crippen molar-refractivity contribution in [2.45, 2.75) is 49.9 Å². The van der Waals surface area contributed by atoms with Crippen molar-refractivity contribution in [1.82, 2.24) is 15.6 Å². The second-order valence-electron chi connectivity index (χ2n) is 7.02. The highest BCUT2D eigenvalue weighted by atomic mass is 35.5. The fourth-order valence-electron chi connectivity index (χ4n) is 3.44. The second-order valence-corrected chi connectivity index (χ2v) is 7.43. The molecule has 2 N–H and O–H groups in total. The van der Waals surface area contributed by atoms with Gasteiger partial charge in [0.15, 0.2) is 11.8 Å². The van der Waals surface area contributed by atoms with Gasteiger partial charge < -0.3 is 15.4 Å². The van der Waals surface area contributed by atoms with E-state index in [1.807, 2.05) is 0 Å². The van der Waals surface area contributed by atoms with E-state index >= 15 is 0 Å². The summed E-state index contributed by atoms with van der Waals surface area (Å²) in [4.78, 5) is 27.1. The van der Waals surface area contributed by atoms with Gasteiger partial charge in [0.05, 0.1) is 23.3 Å². The molecule has 2 amide bonds. The molecular formula is C17H17ClF5N3O3. The highest BCUT2D eigenvalue weighted by Gasteiger charge is 2.42. The third-order valence-corrected chi connectivity index (χ3v) is 5.26. The average molecular weight is 442 g/mol. The van der Waals surface area contributed by atoms with Gasteiger partial charge in [0.2, 0.25) is 5.92 Å². The van der Waals surface area contributed by atoms with Gasteiger partial charge in [-0.3, -0.25) is 4.79 Å². The number of hydrogen-bond acceptors (Lipinski definition) is 4. The minimum Gasteiger partial charge on any atom is -0.434 e. The number of nitrogens with zero attached hydrogens (tertiary/aromatic N) is 1. The van der Waals surface area contributed by atoms with Gasteiger partial charge in [-0.25, -0.2) is 18.6 Å². The van der Waals surface area contributed by atoms with Crippen molar-refractivity contribution in [3.63, 3.8) is 0 Å². The smallest absolute Gasteiger partial charge is 0.434 e. The van der Waals surface area contributed by atoms with Gasteiger partial charge >= 0.3 is 12.3 Å². The summed E-state index contributed by atoms with van der Waals surface area (Å²) >= 11 is 5.60. The summed E-state index contributed by atoms with van der Waals surface area (Å²) in [5.74, 6) is -4.19. The number of ether oxygens (including phenoxy) is 1. The lowest BCUT2D eigenvalue weighted by atomic mass is 9.80. The van der Waals surface area contributed by atoms with Crippen LogP contribution in [-0.2, 0) is 15.7 Å². The summed E-state index contributed by atoms with van der Waals surface area (Å²) in [5, 5.41) is 4.19. The maximum atomic E-state index is 13.5. The molecule has 160 valence electrons. The molecule has 1 aliphatic heterocycles. The van der Waals surface area contributed by atoms with Gasteiger partial charge in [0.25, 0.3) is 5.91 Å². The molecule has 0 aromatic carbocycles. The number of cyclic esters (lactones) is 1. The van der Waals surface area contributed by atoms with Crippen LogP contribution in [0.1, 0.15) is 43.1 Å². The van der Waals surface area contributed by atoms with Crippen LogP contribution in [-0.4, -0.2) is 35.6 Å².